The molecule has 2 N–H and O–H groups in total. The summed E-state index contributed by atoms with van der Waals surface area (Å²) in [4.78, 5) is 4.26. The Morgan fingerprint density at radius 2 is 2.00 bits per heavy atom. The predicted molar refractivity (Wildman–Crippen MR) is 75.9 cm³/mol. The molecular formula is C15H15N3O2. The van der Waals surface area contributed by atoms with E-state index in [1.165, 1.54) is 0 Å². The highest BCUT2D eigenvalue weighted by Gasteiger charge is 2.13. The molecule has 2 rings (SSSR count). The molecule has 1 aromatic carbocycles. The average molecular weight is 269 g/mol. The lowest BCUT2D eigenvalue weighted by atomic mass is 10.1. The van der Waals surface area contributed by atoms with Crippen LogP contribution < -0.4 is 15.2 Å². The lowest BCUT2D eigenvalue weighted by Crippen LogP contribution is -1.99. The summed E-state index contributed by atoms with van der Waals surface area (Å²) in [6.07, 6.45) is 0. The number of pyridine rings is 1. The first kappa shape index (κ1) is 13.7. The molecule has 0 spiro atoms. The van der Waals surface area contributed by atoms with E-state index in [4.69, 9.17) is 15.2 Å². The van der Waals surface area contributed by atoms with Crippen LogP contribution in [0.2, 0.25) is 0 Å². The van der Waals surface area contributed by atoms with Crippen LogP contribution in [0.1, 0.15) is 16.8 Å². The third kappa shape index (κ3) is 2.64. The summed E-state index contributed by atoms with van der Waals surface area (Å²) >= 11 is 0. The average Bonchev–Trinajstić information content (AvgIpc) is 2.41. The number of aryl methyl sites for hydroxylation is 2. The summed E-state index contributed by atoms with van der Waals surface area (Å²) in [6, 6.07) is 9.02. The Kier molecular flexibility index (Phi) is 3.76. The fraction of sp³-hybridized carbons (Fsp3) is 0.200. The SMILES string of the molecule is COc1ccc(N)c(Oc2nc(C)cc(C)c2C#N)c1. The van der Waals surface area contributed by atoms with Gasteiger partial charge in [0.05, 0.1) is 12.8 Å². The van der Waals surface area contributed by atoms with E-state index in [1.807, 2.05) is 19.9 Å². The number of hydrogen-bond acceptors (Lipinski definition) is 5. The van der Waals surface area contributed by atoms with Crippen LogP contribution in [-0.2, 0) is 0 Å². The van der Waals surface area contributed by atoms with Crippen LogP contribution in [0.15, 0.2) is 24.3 Å². The molecule has 1 heterocycles. The zero-order chi connectivity index (χ0) is 14.7. The molecule has 0 saturated carbocycles. The van der Waals surface area contributed by atoms with Crippen molar-refractivity contribution in [2.45, 2.75) is 13.8 Å². The van der Waals surface area contributed by atoms with Gasteiger partial charge in [0.2, 0.25) is 5.88 Å². The van der Waals surface area contributed by atoms with Crippen molar-refractivity contribution in [2.24, 2.45) is 0 Å². The first-order valence-electron chi connectivity index (χ1n) is 6.05. The Morgan fingerprint density at radius 1 is 1.25 bits per heavy atom. The van der Waals surface area contributed by atoms with Crippen molar-refractivity contribution in [2.75, 3.05) is 12.8 Å². The number of anilines is 1. The molecule has 0 saturated heterocycles. The Bertz CT molecular complexity index is 690. The molecule has 0 radical (unpaired) electrons. The number of hydrogen-bond donors (Lipinski definition) is 1. The molecule has 5 heteroatoms. The van der Waals surface area contributed by atoms with Gasteiger partial charge in [-0.1, -0.05) is 0 Å². The standard InChI is InChI=1S/C15H15N3O2/c1-9-6-10(2)18-15(12(9)8-16)20-14-7-11(19-3)4-5-13(14)17/h4-7H,17H2,1-3H3. The van der Waals surface area contributed by atoms with Gasteiger partial charge in [0, 0.05) is 11.8 Å². The van der Waals surface area contributed by atoms with E-state index in [9.17, 15) is 5.26 Å². The maximum Gasteiger partial charge on any atom is 0.237 e. The fourth-order valence-electron chi connectivity index (χ4n) is 1.85. The zero-order valence-electron chi connectivity index (χ0n) is 11.6. The van der Waals surface area contributed by atoms with Crippen molar-refractivity contribution < 1.29 is 9.47 Å². The van der Waals surface area contributed by atoms with Crippen LogP contribution >= 0.6 is 0 Å². The van der Waals surface area contributed by atoms with Gasteiger partial charge in [0.15, 0.2) is 5.75 Å². The van der Waals surface area contributed by atoms with Gasteiger partial charge in [-0.15, -0.1) is 0 Å². The lowest BCUT2D eigenvalue weighted by Gasteiger charge is -2.12. The molecule has 5 nitrogen and oxygen atoms in total. The highest BCUT2D eigenvalue weighted by atomic mass is 16.5. The van der Waals surface area contributed by atoms with Crippen molar-refractivity contribution in [3.05, 3.63) is 41.1 Å². The number of rotatable bonds is 3. The van der Waals surface area contributed by atoms with E-state index < -0.39 is 0 Å². The molecule has 0 aliphatic rings. The Morgan fingerprint density at radius 3 is 2.65 bits per heavy atom. The number of nitrogens with zero attached hydrogens (tertiary/aromatic N) is 2. The summed E-state index contributed by atoms with van der Waals surface area (Å²) in [5.41, 5.74) is 8.32. The highest BCUT2D eigenvalue weighted by Crippen LogP contribution is 2.32. The summed E-state index contributed by atoms with van der Waals surface area (Å²) in [5, 5.41) is 9.21. The third-order valence-corrected chi connectivity index (χ3v) is 2.85. The fourth-order valence-corrected chi connectivity index (χ4v) is 1.85. The second-order valence-corrected chi connectivity index (χ2v) is 4.38. The third-order valence-electron chi connectivity index (χ3n) is 2.85. The molecule has 0 amide bonds. The van der Waals surface area contributed by atoms with Gasteiger partial charge in [-0.2, -0.15) is 5.26 Å². The minimum absolute atomic E-state index is 0.255. The molecule has 20 heavy (non-hydrogen) atoms. The summed E-state index contributed by atoms with van der Waals surface area (Å²) < 4.78 is 10.8. The molecule has 1 aromatic heterocycles. The molecule has 0 fully saturated rings. The van der Waals surface area contributed by atoms with Gasteiger partial charge < -0.3 is 15.2 Å². The normalized spacial score (nSPS) is 9.90. The van der Waals surface area contributed by atoms with E-state index in [0.717, 1.165) is 11.3 Å². The summed E-state index contributed by atoms with van der Waals surface area (Å²) in [5.74, 6) is 1.29. The zero-order valence-corrected chi connectivity index (χ0v) is 11.6. The van der Waals surface area contributed by atoms with E-state index in [2.05, 4.69) is 11.1 Å². The van der Waals surface area contributed by atoms with Crippen LogP contribution in [0.25, 0.3) is 0 Å². The van der Waals surface area contributed by atoms with E-state index in [0.29, 0.717) is 22.7 Å². The minimum atomic E-state index is 0.255. The Hall–Kier alpha value is -2.74. The number of benzene rings is 1. The predicted octanol–water partition coefficient (Wildman–Crippen LogP) is 2.95. The maximum absolute atomic E-state index is 9.21. The Labute approximate surface area is 117 Å². The maximum atomic E-state index is 9.21. The molecule has 102 valence electrons. The summed E-state index contributed by atoms with van der Waals surface area (Å²) in [6.45, 7) is 3.69. The Balaban J connectivity index is 2.47. The van der Waals surface area contributed by atoms with Crippen molar-refractivity contribution >= 4 is 5.69 Å². The van der Waals surface area contributed by atoms with Crippen molar-refractivity contribution in [1.29, 1.82) is 5.26 Å². The molecule has 0 atom stereocenters. The lowest BCUT2D eigenvalue weighted by molar-refractivity contribution is 0.407. The van der Waals surface area contributed by atoms with Gasteiger partial charge in [0.25, 0.3) is 0 Å². The topological polar surface area (TPSA) is 81.2 Å². The smallest absolute Gasteiger partial charge is 0.237 e. The first-order valence-corrected chi connectivity index (χ1v) is 6.05. The summed E-state index contributed by atoms with van der Waals surface area (Å²) in [7, 11) is 1.56. The molecule has 0 bridgehead atoms. The molecule has 0 aliphatic heterocycles. The quantitative estimate of drug-likeness (QED) is 0.866. The first-order chi connectivity index (χ1) is 9.55. The van der Waals surface area contributed by atoms with Crippen LogP contribution in [0.4, 0.5) is 5.69 Å². The number of ether oxygens (including phenoxy) is 2. The van der Waals surface area contributed by atoms with E-state index in [-0.39, 0.29) is 5.88 Å². The minimum Gasteiger partial charge on any atom is -0.497 e. The van der Waals surface area contributed by atoms with Crippen molar-refractivity contribution in [1.82, 2.24) is 4.98 Å². The highest BCUT2D eigenvalue weighted by molar-refractivity contribution is 5.58. The van der Waals surface area contributed by atoms with E-state index >= 15 is 0 Å². The monoisotopic (exact) mass is 269 g/mol. The number of nitriles is 1. The number of nitrogens with two attached hydrogens (primary N) is 1. The number of nitrogen functional groups attached to an aromatic ring is 1. The van der Waals surface area contributed by atoms with E-state index in [1.54, 1.807) is 25.3 Å². The molecule has 2 aromatic rings. The van der Waals surface area contributed by atoms with Crippen molar-refractivity contribution in [3.63, 3.8) is 0 Å². The van der Waals surface area contributed by atoms with Gasteiger partial charge in [-0.05, 0) is 37.6 Å². The van der Waals surface area contributed by atoms with Crippen molar-refractivity contribution in [3.8, 4) is 23.4 Å². The van der Waals surface area contributed by atoms with Gasteiger partial charge in [-0.25, -0.2) is 4.98 Å². The number of aromatic nitrogens is 1. The van der Waals surface area contributed by atoms with Gasteiger partial charge in [-0.3, -0.25) is 0 Å². The van der Waals surface area contributed by atoms with Gasteiger partial charge in [0.1, 0.15) is 17.4 Å². The van der Waals surface area contributed by atoms with Crippen LogP contribution in [-0.4, -0.2) is 12.1 Å². The molecule has 0 unspecified atom stereocenters. The molecular weight excluding hydrogens is 254 g/mol. The second kappa shape index (κ2) is 5.49. The number of methoxy groups -OCH3 is 1. The van der Waals surface area contributed by atoms with Crippen LogP contribution in [0.3, 0.4) is 0 Å². The second-order valence-electron chi connectivity index (χ2n) is 4.38. The largest absolute Gasteiger partial charge is 0.497 e. The van der Waals surface area contributed by atoms with Gasteiger partial charge >= 0.3 is 0 Å². The van der Waals surface area contributed by atoms with Crippen LogP contribution in [0.5, 0.6) is 17.4 Å². The molecule has 0 aliphatic carbocycles. The van der Waals surface area contributed by atoms with Crippen LogP contribution in [0, 0.1) is 25.2 Å².